The van der Waals surface area contributed by atoms with Gasteiger partial charge in [-0.05, 0) is 42.9 Å². The van der Waals surface area contributed by atoms with Gasteiger partial charge in [-0.3, -0.25) is 5.10 Å². The molecule has 1 aromatic carbocycles. The highest BCUT2D eigenvalue weighted by atomic mass is 35.5. The van der Waals surface area contributed by atoms with Gasteiger partial charge in [0.25, 0.3) is 0 Å². The largest absolute Gasteiger partial charge is 0.382 e. The highest BCUT2D eigenvalue weighted by Crippen LogP contribution is 2.37. The molecule has 0 fully saturated rings. The van der Waals surface area contributed by atoms with Gasteiger partial charge in [0, 0.05) is 10.6 Å². The third kappa shape index (κ3) is 2.06. The second kappa shape index (κ2) is 5.29. The molecule has 0 radical (unpaired) electrons. The lowest BCUT2D eigenvalue weighted by Crippen LogP contribution is -2.01. The monoisotopic (exact) mass is 312 g/mol. The summed E-state index contributed by atoms with van der Waals surface area (Å²) >= 11 is 6.41. The number of fused-ring (bicyclic) bond motifs is 3. The summed E-state index contributed by atoms with van der Waals surface area (Å²) in [4.78, 5) is 4.80. The Morgan fingerprint density at radius 3 is 2.64 bits per heavy atom. The van der Waals surface area contributed by atoms with Crippen LogP contribution in [0.2, 0.25) is 5.02 Å². The van der Waals surface area contributed by atoms with Crippen LogP contribution in [0.5, 0.6) is 0 Å². The van der Waals surface area contributed by atoms with Crippen LogP contribution in [0.1, 0.15) is 30.4 Å². The lowest BCUT2D eigenvalue weighted by molar-refractivity contribution is 0.712. The number of hydrogen-bond donors (Lipinski definition) is 2. The van der Waals surface area contributed by atoms with Crippen LogP contribution in [-0.4, -0.2) is 15.2 Å². The maximum Gasteiger partial charge on any atom is 0.158 e. The summed E-state index contributed by atoms with van der Waals surface area (Å²) in [6, 6.07) is 7.88. The van der Waals surface area contributed by atoms with Crippen molar-refractivity contribution in [1.29, 1.82) is 0 Å². The molecule has 2 heterocycles. The summed E-state index contributed by atoms with van der Waals surface area (Å²) in [5, 5.41) is 8.83. The van der Waals surface area contributed by atoms with Crippen molar-refractivity contribution in [2.24, 2.45) is 0 Å². The number of hydrogen-bond acceptors (Lipinski definition) is 3. The zero-order valence-electron chi connectivity index (χ0n) is 12.2. The van der Waals surface area contributed by atoms with Gasteiger partial charge in [-0.2, -0.15) is 5.10 Å². The molecule has 112 valence electrons. The topological polar surface area (TPSA) is 67.6 Å². The van der Waals surface area contributed by atoms with Crippen LogP contribution < -0.4 is 5.73 Å². The van der Waals surface area contributed by atoms with Gasteiger partial charge in [0.2, 0.25) is 0 Å². The highest BCUT2D eigenvalue weighted by Gasteiger charge is 2.22. The van der Waals surface area contributed by atoms with E-state index in [-0.39, 0.29) is 0 Å². The average Bonchev–Trinajstić information content (AvgIpc) is 2.74. The molecule has 22 heavy (non-hydrogen) atoms. The number of pyridine rings is 1. The highest BCUT2D eigenvalue weighted by molar-refractivity contribution is 6.33. The van der Waals surface area contributed by atoms with Crippen molar-refractivity contribution in [3.63, 3.8) is 0 Å². The Morgan fingerprint density at radius 2 is 1.82 bits per heavy atom. The molecule has 0 saturated carbocycles. The zero-order chi connectivity index (χ0) is 15.1. The van der Waals surface area contributed by atoms with Gasteiger partial charge in [0.1, 0.15) is 0 Å². The SMILES string of the molecule is Nc1n[nH]c2nc(-c3ccccc3Cl)c3c(c12)CCCCC3. The minimum Gasteiger partial charge on any atom is -0.382 e. The molecular weight excluding hydrogens is 296 g/mol. The second-order valence-corrected chi connectivity index (χ2v) is 6.20. The Morgan fingerprint density at radius 1 is 1.05 bits per heavy atom. The first-order valence-corrected chi connectivity index (χ1v) is 8.03. The number of nitrogens with two attached hydrogens (primary N) is 1. The van der Waals surface area contributed by atoms with Gasteiger partial charge in [-0.15, -0.1) is 0 Å². The van der Waals surface area contributed by atoms with Crippen LogP contribution >= 0.6 is 11.6 Å². The molecule has 0 unspecified atom stereocenters. The number of halogens is 1. The number of H-pyrrole nitrogens is 1. The predicted octanol–water partition coefficient (Wildman–Crippen LogP) is 4.13. The molecule has 0 aliphatic heterocycles. The van der Waals surface area contributed by atoms with Gasteiger partial charge >= 0.3 is 0 Å². The van der Waals surface area contributed by atoms with E-state index in [2.05, 4.69) is 10.2 Å². The summed E-state index contributed by atoms with van der Waals surface area (Å²) in [5.74, 6) is 0.548. The molecule has 5 heteroatoms. The minimum atomic E-state index is 0.548. The van der Waals surface area contributed by atoms with E-state index in [1.165, 1.54) is 30.4 Å². The van der Waals surface area contributed by atoms with E-state index >= 15 is 0 Å². The quantitative estimate of drug-likeness (QED) is 0.664. The smallest absolute Gasteiger partial charge is 0.158 e. The number of aryl methyl sites for hydroxylation is 1. The molecule has 3 aromatic rings. The molecule has 0 atom stereocenters. The van der Waals surface area contributed by atoms with Crippen molar-refractivity contribution < 1.29 is 0 Å². The number of nitrogens with zero attached hydrogens (tertiary/aromatic N) is 2. The number of nitrogen functional groups attached to an aromatic ring is 1. The van der Waals surface area contributed by atoms with Crippen LogP contribution in [0, 0.1) is 0 Å². The summed E-state index contributed by atoms with van der Waals surface area (Å²) in [5.41, 5.74) is 11.4. The first kappa shape index (κ1) is 13.6. The van der Waals surface area contributed by atoms with Crippen LogP contribution in [0.25, 0.3) is 22.3 Å². The van der Waals surface area contributed by atoms with E-state index in [1.807, 2.05) is 24.3 Å². The third-order valence-electron chi connectivity index (χ3n) is 4.43. The van der Waals surface area contributed by atoms with Crippen LogP contribution in [0.3, 0.4) is 0 Å². The number of nitrogens with one attached hydrogen (secondary N) is 1. The molecular formula is C17H17ClN4. The predicted molar refractivity (Wildman–Crippen MR) is 90.0 cm³/mol. The number of aromatic nitrogens is 3. The number of anilines is 1. The standard InChI is InChI=1S/C17H17ClN4/c18-13-9-5-4-8-12(13)15-11-7-3-1-2-6-10(11)14-16(19)21-22-17(14)20-15/h4-5,8-9H,1-3,6-7H2,(H3,19,20,21,22). The first-order valence-electron chi connectivity index (χ1n) is 7.66. The Hall–Kier alpha value is -2.07. The molecule has 0 amide bonds. The Labute approximate surface area is 133 Å². The van der Waals surface area contributed by atoms with Crippen LogP contribution in [0.15, 0.2) is 24.3 Å². The fourth-order valence-corrected chi connectivity index (χ4v) is 3.62. The van der Waals surface area contributed by atoms with Crippen molar-refractivity contribution in [3.8, 4) is 11.3 Å². The summed E-state index contributed by atoms with van der Waals surface area (Å²) < 4.78 is 0. The van der Waals surface area contributed by atoms with Gasteiger partial charge in [0.15, 0.2) is 11.5 Å². The van der Waals surface area contributed by atoms with Gasteiger partial charge < -0.3 is 5.73 Å². The van der Waals surface area contributed by atoms with Gasteiger partial charge in [-0.1, -0.05) is 36.2 Å². The number of rotatable bonds is 1. The normalized spacial score (nSPS) is 14.8. The summed E-state index contributed by atoms with van der Waals surface area (Å²) in [6.45, 7) is 0. The van der Waals surface area contributed by atoms with E-state index in [0.717, 1.165) is 40.2 Å². The Bertz CT molecular complexity index is 853. The lowest BCUT2D eigenvalue weighted by atomic mass is 9.95. The summed E-state index contributed by atoms with van der Waals surface area (Å²) in [7, 11) is 0. The third-order valence-corrected chi connectivity index (χ3v) is 4.76. The molecule has 3 N–H and O–H groups in total. The average molecular weight is 313 g/mol. The Balaban J connectivity index is 2.07. The minimum absolute atomic E-state index is 0.548. The maximum atomic E-state index is 6.41. The van der Waals surface area contributed by atoms with Crippen molar-refractivity contribution in [2.75, 3.05) is 5.73 Å². The molecule has 4 nitrogen and oxygen atoms in total. The fraction of sp³-hybridized carbons (Fsp3) is 0.294. The maximum absolute atomic E-state index is 6.41. The van der Waals surface area contributed by atoms with Crippen molar-refractivity contribution in [2.45, 2.75) is 32.1 Å². The fourth-order valence-electron chi connectivity index (χ4n) is 3.40. The molecule has 1 aliphatic rings. The second-order valence-electron chi connectivity index (χ2n) is 5.79. The first-order chi connectivity index (χ1) is 10.8. The summed E-state index contributed by atoms with van der Waals surface area (Å²) in [6.07, 6.45) is 5.63. The van der Waals surface area contributed by atoms with Crippen molar-refractivity contribution >= 4 is 28.5 Å². The molecule has 0 bridgehead atoms. The molecule has 0 saturated heterocycles. The van der Waals surface area contributed by atoms with Gasteiger partial charge in [-0.25, -0.2) is 4.98 Å². The van der Waals surface area contributed by atoms with Crippen LogP contribution in [0.4, 0.5) is 5.82 Å². The van der Waals surface area contributed by atoms with E-state index in [0.29, 0.717) is 5.82 Å². The van der Waals surface area contributed by atoms with Crippen molar-refractivity contribution in [3.05, 3.63) is 40.4 Å². The number of aromatic amines is 1. The molecule has 2 aromatic heterocycles. The Kier molecular flexibility index (Phi) is 3.26. The lowest BCUT2D eigenvalue weighted by Gasteiger charge is -2.14. The van der Waals surface area contributed by atoms with E-state index in [4.69, 9.17) is 22.3 Å². The van der Waals surface area contributed by atoms with E-state index in [1.54, 1.807) is 0 Å². The molecule has 4 rings (SSSR count). The van der Waals surface area contributed by atoms with E-state index < -0.39 is 0 Å². The van der Waals surface area contributed by atoms with Gasteiger partial charge in [0.05, 0.1) is 11.1 Å². The zero-order valence-corrected chi connectivity index (χ0v) is 13.0. The van der Waals surface area contributed by atoms with Crippen molar-refractivity contribution in [1.82, 2.24) is 15.2 Å². The molecule has 0 spiro atoms. The number of benzene rings is 1. The van der Waals surface area contributed by atoms with Crippen LogP contribution in [-0.2, 0) is 12.8 Å². The molecule has 1 aliphatic carbocycles. The van der Waals surface area contributed by atoms with E-state index in [9.17, 15) is 0 Å².